The van der Waals surface area contributed by atoms with Gasteiger partial charge in [0.15, 0.2) is 0 Å². The van der Waals surface area contributed by atoms with Crippen molar-refractivity contribution in [3.63, 3.8) is 0 Å². The zero-order valence-electron chi connectivity index (χ0n) is 9.37. The lowest BCUT2D eigenvalue weighted by molar-refractivity contribution is 0.0744. The topological polar surface area (TPSA) is 55.6 Å². The van der Waals surface area contributed by atoms with Gasteiger partial charge in [-0.15, -0.1) is 0 Å². The molecule has 0 fully saturated rings. The molecule has 0 aliphatic rings. The molecule has 0 atom stereocenters. The Morgan fingerprint density at radius 1 is 1.56 bits per heavy atom. The second kappa shape index (κ2) is 5.72. The predicted octanol–water partition coefficient (Wildman–Crippen LogP) is 1.64. The fourth-order valence-corrected chi connectivity index (χ4v) is 1.39. The van der Waals surface area contributed by atoms with E-state index in [0.717, 1.165) is 0 Å². The van der Waals surface area contributed by atoms with Gasteiger partial charge in [-0.2, -0.15) is 0 Å². The third-order valence-electron chi connectivity index (χ3n) is 2.22. The standard InChI is InChI=1S/C11H15ClN2O2/c1-14(5-6-16-2)11(15)8-3-4-10(13)9(12)7-8/h3-4,7H,5-6,13H2,1-2H3. The Morgan fingerprint density at radius 3 is 2.81 bits per heavy atom. The van der Waals surface area contributed by atoms with Crippen LogP contribution in [0.5, 0.6) is 0 Å². The first-order valence-corrected chi connectivity index (χ1v) is 5.23. The van der Waals surface area contributed by atoms with Crippen LogP contribution in [0.15, 0.2) is 18.2 Å². The summed E-state index contributed by atoms with van der Waals surface area (Å²) in [4.78, 5) is 13.5. The van der Waals surface area contributed by atoms with Crippen LogP contribution in [0.2, 0.25) is 5.02 Å². The van der Waals surface area contributed by atoms with E-state index in [9.17, 15) is 4.79 Å². The Hall–Kier alpha value is -1.26. The smallest absolute Gasteiger partial charge is 0.253 e. The van der Waals surface area contributed by atoms with Gasteiger partial charge >= 0.3 is 0 Å². The molecule has 1 aromatic carbocycles. The third kappa shape index (κ3) is 3.12. The largest absolute Gasteiger partial charge is 0.398 e. The molecule has 0 aliphatic carbocycles. The molecular formula is C11H15ClN2O2. The van der Waals surface area contributed by atoms with Gasteiger partial charge in [-0.25, -0.2) is 0 Å². The molecule has 0 aromatic heterocycles. The van der Waals surface area contributed by atoms with Crippen molar-refractivity contribution in [2.45, 2.75) is 0 Å². The van der Waals surface area contributed by atoms with Gasteiger partial charge in [-0.05, 0) is 18.2 Å². The van der Waals surface area contributed by atoms with Gasteiger partial charge in [0.25, 0.3) is 5.91 Å². The summed E-state index contributed by atoms with van der Waals surface area (Å²) >= 11 is 5.85. The first-order valence-electron chi connectivity index (χ1n) is 4.85. The molecular weight excluding hydrogens is 228 g/mol. The number of nitrogens with zero attached hydrogens (tertiary/aromatic N) is 1. The van der Waals surface area contributed by atoms with Crippen LogP contribution < -0.4 is 5.73 Å². The second-order valence-corrected chi connectivity index (χ2v) is 3.86. The molecule has 0 heterocycles. The Balaban J connectivity index is 2.76. The molecule has 0 radical (unpaired) electrons. The number of methoxy groups -OCH3 is 1. The summed E-state index contributed by atoms with van der Waals surface area (Å²) < 4.78 is 4.90. The van der Waals surface area contributed by atoms with Crippen LogP contribution in [0.4, 0.5) is 5.69 Å². The third-order valence-corrected chi connectivity index (χ3v) is 2.55. The van der Waals surface area contributed by atoms with E-state index in [-0.39, 0.29) is 5.91 Å². The van der Waals surface area contributed by atoms with Gasteiger partial charge in [0, 0.05) is 26.3 Å². The molecule has 4 nitrogen and oxygen atoms in total. The van der Waals surface area contributed by atoms with Gasteiger partial charge in [-0.1, -0.05) is 11.6 Å². The maximum absolute atomic E-state index is 11.9. The number of anilines is 1. The minimum atomic E-state index is -0.0982. The van der Waals surface area contributed by atoms with Crippen molar-refractivity contribution in [2.24, 2.45) is 0 Å². The minimum Gasteiger partial charge on any atom is -0.398 e. The summed E-state index contributed by atoms with van der Waals surface area (Å²) in [5, 5.41) is 0.394. The number of carbonyl (C=O) groups excluding carboxylic acids is 1. The number of likely N-dealkylation sites (N-methyl/N-ethyl adjacent to an activating group) is 1. The van der Waals surface area contributed by atoms with E-state index in [1.165, 1.54) is 0 Å². The van der Waals surface area contributed by atoms with Crippen LogP contribution in [-0.4, -0.2) is 38.1 Å². The van der Waals surface area contributed by atoms with Crippen LogP contribution in [0.3, 0.4) is 0 Å². The molecule has 88 valence electrons. The Morgan fingerprint density at radius 2 is 2.25 bits per heavy atom. The zero-order valence-corrected chi connectivity index (χ0v) is 10.1. The lowest BCUT2D eigenvalue weighted by Crippen LogP contribution is -2.29. The highest BCUT2D eigenvalue weighted by Crippen LogP contribution is 2.20. The van der Waals surface area contributed by atoms with E-state index >= 15 is 0 Å². The van der Waals surface area contributed by atoms with Crippen LogP contribution in [0.25, 0.3) is 0 Å². The molecule has 0 spiro atoms. The number of ether oxygens (including phenoxy) is 1. The van der Waals surface area contributed by atoms with Crippen molar-refractivity contribution in [1.29, 1.82) is 0 Å². The molecule has 5 heteroatoms. The fourth-order valence-electron chi connectivity index (χ4n) is 1.21. The molecule has 2 N–H and O–H groups in total. The van der Waals surface area contributed by atoms with E-state index in [2.05, 4.69) is 0 Å². The van der Waals surface area contributed by atoms with Crippen molar-refractivity contribution in [1.82, 2.24) is 4.90 Å². The van der Waals surface area contributed by atoms with Crippen LogP contribution >= 0.6 is 11.6 Å². The first kappa shape index (κ1) is 12.8. The second-order valence-electron chi connectivity index (χ2n) is 3.46. The van der Waals surface area contributed by atoms with Gasteiger partial charge in [0.1, 0.15) is 0 Å². The summed E-state index contributed by atoms with van der Waals surface area (Å²) in [7, 11) is 3.31. The molecule has 0 saturated carbocycles. The highest BCUT2D eigenvalue weighted by atomic mass is 35.5. The van der Waals surface area contributed by atoms with E-state index < -0.39 is 0 Å². The number of carbonyl (C=O) groups is 1. The predicted molar refractivity (Wildman–Crippen MR) is 64.7 cm³/mol. The Labute approximate surface area is 99.9 Å². The highest BCUT2D eigenvalue weighted by Gasteiger charge is 2.12. The van der Waals surface area contributed by atoms with Crippen LogP contribution in [-0.2, 0) is 4.74 Å². The number of benzene rings is 1. The first-order chi connectivity index (χ1) is 7.56. The number of nitrogen functional groups attached to an aromatic ring is 1. The number of hydrogen-bond donors (Lipinski definition) is 1. The monoisotopic (exact) mass is 242 g/mol. The lowest BCUT2D eigenvalue weighted by atomic mass is 10.2. The van der Waals surface area contributed by atoms with Gasteiger partial charge in [0.2, 0.25) is 0 Å². The molecule has 0 unspecified atom stereocenters. The number of amides is 1. The van der Waals surface area contributed by atoms with E-state index in [1.54, 1.807) is 37.3 Å². The molecule has 1 aromatic rings. The highest BCUT2D eigenvalue weighted by molar-refractivity contribution is 6.33. The van der Waals surface area contributed by atoms with E-state index in [4.69, 9.17) is 22.1 Å². The number of rotatable bonds is 4. The summed E-state index contributed by atoms with van der Waals surface area (Å²) in [6, 6.07) is 4.86. The summed E-state index contributed by atoms with van der Waals surface area (Å²) in [5.74, 6) is -0.0982. The van der Waals surface area contributed by atoms with Crippen molar-refractivity contribution in [3.8, 4) is 0 Å². The quantitative estimate of drug-likeness (QED) is 0.817. The van der Waals surface area contributed by atoms with Gasteiger partial charge in [-0.3, -0.25) is 4.79 Å². The molecule has 0 bridgehead atoms. The summed E-state index contributed by atoms with van der Waals surface area (Å²) in [6.07, 6.45) is 0. The van der Waals surface area contributed by atoms with Crippen molar-refractivity contribution in [3.05, 3.63) is 28.8 Å². The van der Waals surface area contributed by atoms with Crippen molar-refractivity contribution in [2.75, 3.05) is 33.0 Å². The molecule has 1 rings (SSSR count). The van der Waals surface area contributed by atoms with E-state index in [1.807, 2.05) is 0 Å². The summed E-state index contributed by atoms with van der Waals surface area (Å²) in [6.45, 7) is 1.04. The van der Waals surface area contributed by atoms with Crippen LogP contribution in [0.1, 0.15) is 10.4 Å². The normalized spacial score (nSPS) is 10.2. The average molecular weight is 243 g/mol. The van der Waals surface area contributed by atoms with Crippen molar-refractivity contribution >= 4 is 23.2 Å². The average Bonchev–Trinajstić information content (AvgIpc) is 2.28. The van der Waals surface area contributed by atoms with Crippen LogP contribution in [0, 0.1) is 0 Å². The van der Waals surface area contributed by atoms with E-state index in [0.29, 0.717) is 29.4 Å². The lowest BCUT2D eigenvalue weighted by Gasteiger charge is -2.16. The number of halogens is 1. The Kier molecular flexibility index (Phi) is 4.58. The zero-order chi connectivity index (χ0) is 12.1. The van der Waals surface area contributed by atoms with Crippen molar-refractivity contribution < 1.29 is 9.53 Å². The fraction of sp³-hybridized carbons (Fsp3) is 0.364. The number of hydrogen-bond acceptors (Lipinski definition) is 3. The molecule has 1 amide bonds. The maximum Gasteiger partial charge on any atom is 0.253 e. The number of nitrogens with two attached hydrogens (primary N) is 1. The Bertz CT molecular complexity index is 382. The van der Waals surface area contributed by atoms with Gasteiger partial charge < -0.3 is 15.4 Å². The van der Waals surface area contributed by atoms with Gasteiger partial charge in [0.05, 0.1) is 17.3 Å². The maximum atomic E-state index is 11.9. The molecule has 0 aliphatic heterocycles. The summed E-state index contributed by atoms with van der Waals surface area (Å²) in [5.41, 5.74) is 6.56. The minimum absolute atomic E-state index is 0.0982. The molecule has 0 saturated heterocycles. The SMILES string of the molecule is COCCN(C)C(=O)c1ccc(N)c(Cl)c1. The molecule has 16 heavy (non-hydrogen) atoms.